The van der Waals surface area contributed by atoms with Gasteiger partial charge in [0.25, 0.3) is 5.91 Å². The lowest BCUT2D eigenvalue weighted by atomic mass is 10.2. The number of methoxy groups -OCH3 is 1. The van der Waals surface area contributed by atoms with Crippen molar-refractivity contribution in [2.75, 3.05) is 13.7 Å². The van der Waals surface area contributed by atoms with E-state index in [2.05, 4.69) is 20.2 Å². The van der Waals surface area contributed by atoms with Crippen LogP contribution in [-0.4, -0.2) is 48.8 Å². The second-order valence-electron chi connectivity index (χ2n) is 6.27. The fraction of sp³-hybridized carbons (Fsp3) is 0.438. The lowest BCUT2D eigenvalue weighted by molar-refractivity contribution is 0.0953. The van der Waals surface area contributed by atoms with Crippen molar-refractivity contribution >= 4 is 28.1 Å². The molecule has 146 valence electrons. The first-order valence-electron chi connectivity index (χ1n) is 8.40. The highest BCUT2D eigenvalue weighted by atomic mass is 32.2. The Kier molecular flexibility index (Phi) is 5.63. The summed E-state index contributed by atoms with van der Waals surface area (Å²) in [5.41, 5.74) is 0.238. The van der Waals surface area contributed by atoms with Crippen LogP contribution < -0.4 is 14.8 Å². The number of aromatic nitrogens is 3. The maximum Gasteiger partial charge on any atom is 0.251 e. The lowest BCUT2D eigenvalue weighted by Gasteiger charge is -2.12. The molecule has 1 aromatic heterocycles. The minimum absolute atomic E-state index is 0.0407. The summed E-state index contributed by atoms with van der Waals surface area (Å²) in [6.07, 6.45) is 2.12. The molecule has 1 aliphatic carbocycles. The Bertz CT molecular complexity index is 1010. The number of H-pyrrole nitrogens is 1. The molecule has 0 bridgehead atoms. The van der Waals surface area contributed by atoms with Crippen molar-refractivity contribution in [2.45, 2.75) is 30.2 Å². The second kappa shape index (κ2) is 7.79. The topological polar surface area (TPSA) is 118 Å². The summed E-state index contributed by atoms with van der Waals surface area (Å²) in [7, 11) is -0.567. The van der Waals surface area contributed by atoms with Gasteiger partial charge in [0, 0.05) is 31.6 Å². The number of aromatic amines is 1. The van der Waals surface area contributed by atoms with Gasteiger partial charge in [0.05, 0.1) is 7.11 Å². The van der Waals surface area contributed by atoms with E-state index in [1.54, 1.807) is 11.6 Å². The molecule has 11 heteroatoms. The molecular weight excluding hydrogens is 390 g/mol. The van der Waals surface area contributed by atoms with E-state index in [1.165, 1.54) is 25.3 Å². The molecule has 2 aromatic rings. The Hall–Kier alpha value is -2.24. The third-order valence-corrected chi connectivity index (χ3v) is 6.13. The van der Waals surface area contributed by atoms with Crippen molar-refractivity contribution in [3.8, 4) is 5.75 Å². The summed E-state index contributed by atoms with van der Waals surface area (Å²) in [4.78, 5) is 12.4. The van der Waals surface area contributed by atoms with Crippen molar-refractivity contribution in [2.24, 2.45) is 7.05 Å². The van der Waals surface area contributed by atoms with Gasteiger partial charge in [-0.1, -0.05) is 0 Å². The highest BCUT2D eigenvalue weighted by Crippen LogP contribution is 2.28. The van der Waals surface area contributed by atoms with Crippen LogP contribution in [0.25, 0.3) is 0 Å². The Morgan fingerprint density at radius 1 is 1.44 bits per heavy atom. The highest BCUT2D eigenvalue weighted by Gasteiger charge is 2.30. The third kappa shape index (κ3) is 4.54. The number of ether oxygens (including phenoxy) is 1. The number of nitrogens with one attached hydrogen (secondary N) is 3. The Morgan fingerprint density at radius 2 is 2.19 bits per heavy atom. The molecule has 9 nitrogen and oxygen atoms in total. The van der Waals surface area contributed by atoms with Crippen molar-refractivity contribution in [1.82, 2.24) is 24.8 Å². The predicted molar refractivity (Wildman–Crippen MR) is 101 cm³/mol. The maximum absolute atomic E-state index is 12.5. The lowest BCUT2D eigenvalue weighted by Crippen LogP contribution is -2.28. The van der Waals surface area contributed by atoms with Gasteiger partial charge in [0.2, 0.25) is 10.0 Å². The van der Waals surface area contributed by atoms with Gasteiger partial charge < -0.3 is 14.6 Å². The monoisotopic (exact) mass is 411 g/mol. The van der Waals surface area contributed by atoms with E-state index in [1.807, 2.05) is 0 Å². The molecule has 3 rings (SSSR count). The van der Waals surface area contributed by atoms with Gasteiger partial charge in [-0.05, 0) is 43.3 Å². The number of amides is 1. The zero-order valence-corrected chi connectivity index (χ0v) is 16.6. The van der Waals surface area contributed by atoms with E-state index < -0.39 is 10.0 Å². The van der Waals surface area contributed by atoms with Crippen molar-refractivity contribution in [3.05, 3.63) is 34.4 Å². The number of carbonyl (C=O) groups is 1. The molecule has 1 heterocycles. The molecule has 1 aliphatic rings. The highest BCUT2D eigenvalue weighted by molar-refractivity contribution is 7.89. The standard InChI is InChI=1S/C16H21N5O4S2/c1-21-14(18-19-16(21)26)7-8-17-15(22)10-3-6-12(25-2)13(9-10)27(23,24)20-11-4-5-11/h3,6,9,11,20H,4-5,7-8H2,1-2H3,(H,17,22)(H,19,26). The number of carbonyl (C=O) groups excluding carboxylic acids is 1. The molecule has 27 heavy (non-hydrogen) atoms. The van der Waals surface area contributed by atoms with E-state index >= 15 is 0 Å². The molecule has 0 aliphatic heterocycles. The zero-order chi connectivity index (χ0) is 19.6. The Balaban J connectivity index is 1.71. The van der Waals surface area contributed by atoms with Crippen LogP contribution >= 0.6 is 12.2 Å². The van der Waals surface area contributed by atoms with Gasteiger partial charge in [0.15, 0.2) is 4.77 Å². The fourth-order valence-corrected chi connectivity index (χ4v) is 4.16. The van der Waals surface area contributed by atoms with Gasteiger partial charge in [-0.15, -0.1) is 0 Å². The number of hydrogen-bond acceptors (Lipinski definition) is 6. The largest absolute Gasteiger partial charge is 0.495 e. The van der Waals surface area contributed by atoms with Crippen molar-refractivity contribution < 1.29 is 17.9 Å². The van der Waals surface area contributed by atoms with Crippen LogP contribution in [0.5, 0.6) is 5.75 Å². The molecule has 1 fully saturated rings. The first-order valence-corrected chi connectivity index (χ1v) is 10.3. The van der Waals surface area contributed by atoms with E-state index in [0.29, 0.717) is 23.6 Å². The number of rotatable bonds is 8. The van der Waals surface area contributed by atoms with Crippen LogP contribution in [0.4, 0.5) is 0 Å². The summed E-state index contributed by atoms with van der Waals surface area (Å²) in [6, 6.07) is 4.30. The van der Waals surface area contributed by atoms with E-state index in [9.17, 15) is 13.2 Å². The van der Waals surface area contributed by atoms with Crippen LogP contribution in [0.15, 0.2) is 23.1 Å². The molecule has 0 radical (unpaired) electrons. The van der Waals surface area contributed by atoms with Crippen LogP contribution in [0.2, 0.25) is 0 Å². The van der Waals surface area contributed by atoms with Crippen LogP contribution in [0.3, 0.4) is 0 Å². The Morgan fingerprint density at radius 3 is 2.78 bits per heavy atom. The Labute approximate surface area is 162 Å². The van der Waals surface area contributed by atoms with E-state index in [0.717, 1.165) is 12.8 Å². The minimum atomic E-state index is -3.75. The number of sulfonamides is 1. The first kappa shape index (κ1) is 19.5. The molecule has 1 saturated carbocycles. The zero-order valence-electron chi connectivity index (χ0n) is 15.0. The van der Waals surface area contributed by atoms with Crippen LogP contribution in [0.1, 0.15) is 29.0 Å². The molecule has 0 unspecified atom stereocenters. The molecule has 3 N–H and O–H groups in total. The second-order valence-corrected chi connectivity index (χ2v) is 8.34. The number of nitrogens with zero attached hydrogens (tertiary/aromatic N) is 2. The molecule has 0 atom stereocenters. The molecular formula is C16H21N5O4S2. The minimum Gasteiger partial charge on any atom is -0.495 e. The summed E-state index contributed by atoms with van der Waals surface area (Å²) in [6.45, 7) is 0.334. The average molecular weight is 412 g/mol. The average Bonchev–Trinajstić information content (AvgIpc) is 3.40. The van der Waals surface area contributed by atoms with Gasteiger partial charge >= 0.3 is 0 Å². The maximum atomic E-state index is 12.5. The van der Waals surface area contributed by atoms with Gasteiger partial charge in [-0.3, -0.25) is 9.89 Å². The van der Waals surface area contributed by atoms with Gasteiger partial charge in [-0.25, -0.2) is 13.1 Å². The smallest absolute Gasteiger partial charge is 0.251 e. The summed E-state index contributed by atoms with van der Waals surface area (Å²) < 4.78 is 35.0. The molecule has 1 amide bonds. The van der Waals surface area contributed by atoms with Gasteiger partial charge in [0.1, 0.15) is 16.5 Å². The summed E-state index contributed by atoms with van der Waals surface area (Å²) in [5.74, 6) is 0.533. The normalized spacial score (nSPS) is 14.1. The molecule has 0 saturated heterocycles. The van der Waals surface area contributed by atoms with E-state index in [4.69, 9.17) is 17.0 Å². The summed E-state index contributed by atoms with van der Waals surface area (Å²) >= 11 is 5.04. The number of benzene rings is 1. The predicted octanol–water partition coefficient (Wildman–Crippen LogP) is 0.899. The van der Waals surface area contributed by atoms with E-state index in [-0.39, 0.29) is 28.2 Å². The third-order valence-electron chi connectivity index (χ3n) is 4.22. The van der Waals surface area contributed by atoms with Crippen LogP contribution in [-0.2, 0) is 23.5 Å². The van der Waals surface area contributed by atoms with Crippen LogP contribution in [0, 0.1) is 4.77 Å². The number of hydrogen-bond donors (Lipinski definition) is 3. The quantitative estimate of drug-likeness (QED) is 0.556. The first-order chi connectivity index (χ1) is 12.8. The molecule has 1 aromatic carbocycles. The van der Waals surface area contributed by atoms with Crippen molar-refractivity contribution in [3.63, 3.8) is 0 Å². The summed E-state index contributed by atoms with van der Waals surface area (Å²) in [5, 5.41) is 9.51. The SMILES string of the molecule is COc1ccc(C(=O)NCCc2n[nH]c(=S)n2C)cc1S(=O)(=O)NC1CC1. The molecule has 0 spiro atoms. The fourth-order valence-electron chi connectivity index (χ4n) is 2.51. The van der Waals surface area contributed by atoms with Crippen molar-refractivity contribution in [1.29, 1.82) is 0 Å². The van der Waals surface area contributed by atoms with Gasteiger partial charge in [-0.2, -0.15) is 5.10 Å².